The van der Waals surface area contributed by atoms with E-state index in [4.69, 9.17) is 5.73 Å². The number of amides is 1. The highest BCUT2D eigenvalue weighted by molar-refractivity contribution is 5.78. The van der Waals surface area contributed by atoms with Crippen LogP contribution in [-0.2, 0) is 11.2 Å². The molecule has 0 bridgehead atoms. The molecule has 1 aromatic rings. The van der Waals surface area contributed by atoms with E-state index in [2.05, 4.69) is 0 Å². The average Bonchev–Trinajstić information content (AvgIpc) is 2.94. The summed E-state index contributed by atoms with van der Waals surface area (Å²) in [6.07, 6.45) is 2.29. The Kier molecular flexibility index (Phi) is 5.12. The molecule has 1 aliphatic heterocycles. The van der Waals surface area contributed by atoms with Gasteiger partial charge in [0.2, 0.25) is 5.91 Å². The molecule has 2 atom stereocenters. The molecule has 110 valence electrons. The second-order valence-corrected chi connectivity index (χ2v) is 5.71. The molecular weight excluding hydrogens is 255 g/mol. The van der Waals surface area contributed by atoms with Gasteiger partial charge in [-0.05, 0) is 43.4 Å². The van der Waals surface area contributed by atoms with Crippen molar-refractivity contribution in [2.45, 2.75) is 26.2 Å². The highest BCUT2D eigenvalue weighted by atomic mass is 19.1. The van der Waals surface area contributed by atoms with E-state index in [9.17, 15) is 9.18 Å². The van der Waals surface area contributed by atoms with Gasteiger partial charge in [-0.15, -0.1) is 0 Å². The minimum atomic E-state index is -0.184. The highest BCUT2D eigenvalue weighted by Gasteiger charge is 2.28. The van der Waals surface area contributed by atoms with Crippen LogP contribution in [0.15, 0.2) is 24.3 Å². The minimum Gasteiger partial charge on any atom is -0.342 e. The number of hydrogen-bond acceptors (Lipinski definition) is 2. The quantitative estimate of drug-likeness (QED) is 0.897. The van der Waals surface area contributed by atoms with Crippen LogP contribution in [0.5, 0.6) is 0 Å². The number of carbonyl (C=O) groups excluding carboxylic acids is 1. The first-order valence-electron chi connectivity index (χ1n) is 7.34. The predicted molar refractivity (Wildman–Crippen MR) is 77.6 cm³/mol. The molecule has 4 heteroatoms. The summed E-state index contributed by atoms with van der Waals surface area (Å²) in [6.45, 7) is 4.16. The molecule has 20 heavy (non-hydrogen) atoms. The third-order valence-electron chi connectivity index (χ3n) is 4.16. The van der Waals surface area contributed by atoms with Gasteiger partial charge in [-0.3, -0.25) is 4.79 Å². The maximum Gasteiger partial charge on any atom is 0.225 e. The van der Waals surface area contributed by atoms with Crippen molar-refractivity contribution in [1.82, 2.24) is 4.90 Å². The van der Waals surface area contributed by atoms with Crippen LogP contribution in [0.25, 0.3) is 0 Å². The van der Waals surface area contributed by atoms with Gasteiger partial charge in [0.1, 0.15) is 5.82 Å². The lowest BCUT2D eigenvalue weighted by Gasteiger charge is -2.21. The Morgan fingerprint density at radius 2 is 2.25 bits per heavy atom. The van der Waals surface area contributed by atoms with Crippen LogP contribution < -0.4 is 5.73 Å². The number of aryl methyl sites for hydroxylation is 1. The Morgan fingerprint density at radius 3 is 2.90 bits per heavy atom. The monoisotopic (exact) mass is 278 g/mol. The van der Waals surface area contributed by atoms with Crippen LogP contribution in [0.4, 0.5) is 4.39 Å². The first-order valence-corrected chi connectivity index (χ1v) is 7.34. The molecule has 3 nitrogen and oxygen atoms in total. The number of nitrogens with zero attached hydrogens (tertiary/aromatic N) is 1. The number of nitrogens with two attached hydrogens (primary N) is 1. The third kappa shape index (κ3) is 3.57. The second-order valence-electron chi connectivity index (χ2n) is 5.71. The Labute approximate surface area is 120 Å². The van der Waals surface area contributed by atoms with Crippen molar-refractivity contribution in [3.8, 4) is 0 Å². The normalized spacial score (nSPS) is 20.1. The summed E-state index contributed by atoms with van der Waals surface area (Å²) in [5, 5.41) is 0. The van der Waals surface area contributed by atoms with Crippen LogP contribution in [0.2, 0.25) is 0 Å². The summed E-state index contributed by atoms with van der Waals surface area (Å²) in [7, 11) is 0. The van der Waals surface area contributed by atoms with Gasteiger partial charge < -0.3 is 10.6 Å². The molecule has 0 radical (unpaired) electrons. The van der Waals surface area contributed by atoms with Crippen LogP contribution in [0.1, 0.15) is 25.3 Å². The first-order chi connectivity index (χ1) is 9.61. The van der Waals surface area contributed by atoms with Gasteiger partial charge in [0, 0.05) is 19.0 Å². The van der Waals surface area contributed by atoms with Crippen molar-refractivity contribution in [1.29, 1.82) is 0 Å². The maximum absolute atomic E-state index is 13.5. The van der Waals surface area contributed by atoms with Gasteiger partial charge in [-0.2, -0.15) is 0 Å². The summed E-state index contributed by atoms with van der Waals surface area (Å²) in [5.41, 5.74) is 6.33. The van der Waals surface area contributed by atoms with Gasteiger partial charge in [0.05, 0.1) is 0 Å². The van der Waals surface area contributed by atoms with Gasteiger partial charge in [0.15, 0.2) is 0 Å². The molecule has 0 saturated carbocycles. The number of hydrogen-bond donors (Lipinski definition) is 1. The molecule has 1 fully saturated rings. The van der Waals surface area contributed by atoms with Gasteiger partial charge in [-0.25, -0.2) is 4.39 Å². The van der Waals surface area contributed by atoms with E-state index in [1.807, 2.05) is 17.9 Å². The van der Waals surface area contributed by atoms with E-state index in [1.54, 1.807) is 12.1 Å². The number of halogens is 1. The van der Waals surface area contributed by atoms with Crippen molar-refractivity contribution >= 4 is 5.91 Å². The third-order valence-corrected chi connectivity index (χ3v) is 4.16. The topological polar surface area (TPSA) is 46.3 Å². The Hall–Kier alpha value is -1.42. The van der Waals surface area contributed by atoms with Gasteiger partial charge in [-0.1, -0.05) is 25.1 Å². The molecule has 0 aliphatic carbocycles. The standard InChI is InChI=1S/C16H23FN2O/c1-12(6-7-14-4-2-3-5-15(14)17)16(20)19-9-8-13(10-18)11-19/h2-5,12-13H,6-11,18H2,1H3/t12-,13+/m1/s1. The fourth-order valence-electron chi connectivity index (χ4n) is 2.73. The van der Waals surface area contributed by atoms with E-state index in [-0.39, 0.29) is 17.6 Å². The lowest BCUT2D eigenvalue weighted by Crippen LogP contribution is -2.34. The van der Waals surface area contributed by atoms with Crippen molar-refractivity contribution in [3.63, 3.8) is 0 Å². The molecule has 1 aromatic carbocycles. The largest absolute Gasteiger partial charge is 0.342 e. The first kappa shape index (κ1) is 15.0. The molecule has 1 aliphatic rings. The summed E-state index contributed by atoms with van der Waals surface area (Å²) in [5.74, 6) is 0.373. The summed E-state index contributed by atoms with van der Waals surface area (Å²) in [4.78, 5) is 14.2. The fourth-order valence-corrected chi connectivity index (χ4v) is 2.73. The predicted octanol–water partition coefficient (Wildman–Crippen LogP) is 2.20. The Bertz CT molecular complexity index is 464. The number of carbonyl (C=O) groups is 1. The van der Waals surface area contributed by atoms with E-state index in [1.165, 1.54) is 6.07 Å². The van der Waals surface area contributed by atoms with Crippen molar-refractivity contribution in [3.05, 3.63) is 35.6 Å². The van der Waals surface area contributed by atoms with Gasteiger partial charge >= 0.3 is 0 Å². The summed E-state index contributed by atoms with van der Waals surface area (Å²) >= 11 is 0. The van der Waals surface area contributed by atoms with Crippen molar-refractivity contribution in [2.75, 3.05) is 19.6 Å². The molecule has 1 heterocycles. The SMILES string of the molecule is C[C@H](CCc1ccccc1F)C(=O)N1CC[C@@H](CN)C1. The smallest absolute Gasteiger partial charge is 0.225 e. The molecule has 2 N–H and O–H groups in total. The zero-order chi connectivity index (χ0) is 14.5. The minimum absolute atomic E-state index is 0.0638. The van der Waals surface area contributed by atoms with Crippen LogP contribution in [0.3, 0.4) is 0 Å². The lowest BCUT2D eigenvalue weighted by molar-refractivity contribution is -0.134. The fraction of sp³-hybridized carbons (Fsp3) is 0.562. The van der Waals surface area contributed by atoms with E-state index in [0.717, 1.165) is 19.5 Å². The Balaban J connectivity index is 1.84. The molecular formula is C16H23FN2O. The lowest BCUT2D eigenvalue weighted by atomic mass is 9.99. The molecule has 0 aromatic heterocycles. The van der Waals surface area contributed by atoms with Crippen LogP contribution in [0, 0.1) is 17.7 Å². The molecule has 1 amide bonds. The van der Waals surface area contributed by atoms with Gasteiger partial charge in [0.25, 0.3) is 0 Å². The average molecular weight is 278 g/mol. The molecule has 1 saturated heterocycles. The molecule has 0 unspecified atom stereocenters. The zero-order valence-electron chi connectivity index (χ0n) is 12.0. The van der Waals surface area contributed by atoms with E-state index >= 15 is 0 Å². The van der Waals surface area contributed by atoms with Crippen LogP contribution in [-0.4, -0.2) is 30.4 Å². The van der Waals surface area contributed by atoms with Crippen molar-refractivity contribution in [2.24, 2.45) is 17.6 Å². The van der Waals surface area contributed by atoms with Crippen molar-refractivity contribution < 1.29 is 9.18 Å². The zero-order valence-corrected chi connectivity index (χ0v) is 12.0. The maximum atomic E-state index is 13.5. The Morgan fingerprint density at radius 1 is 1.50 bits per heavy atom. The van der Waals surface area contributed by atoms with E-state index in [0.29, 0.717) is 30.9 Å². The second kappa shape index (κ2) is 6.84. The number of benzene rings is 1. The molecule has 0 spiro atoms. The van der Waals surface area contributed by atoms with E-state index < -0.39 is 0 Å². The summed E-state index contributed by atoms with van der Waals surface area (Å²) in [6, 6.07) is 6.77. The van der Waals surface area contributed by atoms with Crippen LogP contribution >= 0.6 is 0 Å². The highest BCUT2D eigenvalue weighted by Crippen LogP contribution is 2.20. The number of rotatable bonds is 5. The summed E-state index contributed by atoms with van der Waals surface area (Å²) < 4.78 is 13.5. The number of likely N-dealkylation sites (tertiary alicyclic amines) is 1. The molecule has 2 rings (SSSR count).